The lowest BCUT2D eigenvalue weighted by Crippen LogP contribution is -2.61. The molecule has 0 radical (unpaired) electrons. The van der Waals surface area contributed by atoms with Crippen molar-refractivity contribution in [2.24, 2.45) is 0 Å². The van der Waals surface area contributed by atoms with Gasteiger partial charge in [0.25, 0.3) is 0 Å². The first-order valence-corrected chi connectivity index (χ1v) is 5.63. The summed E-state index contributed by atoms with van der Waals surface area (Å²) in [5.41, 5.74) is -0.0801. The molecule has 0 aromatic heterocycles. The molecular formula is C11H21NO2. The van der Waals surface area contributed by atoms with Gasteiger partial charge < -0.3 is 14.8 Å². The molecule has 2 aliphatic heterocycles. The van der Waals surface area contributed by atoms with Crippen molar-refractivity contribution in [2.45, 2.75) is 50.9 Å². The monoisotopic (exact) mass is 199 g/mol. The Morgan fingerprint density at radius 1 is 1.43 bits per heavy atom. The van der Waals surface area contributed by atoms with Gasteiger partial charge in [-0.25, -0.2) is 0 Å². The minimum absolute atomic E-state index is 0.0137. The molecule has 2 aliphatic rings. The highest BCUT2D eigenvalue weighted by atomic mass is 16.6. The van der Waals surface area contributed by atoms with Crippen molar-refractivity contribution in [2.75, 3.05) is 19.7 Å². The predicted molar refractivity (Wildman–Crippen MR) is 55.4 cm³/mol. The second-order valence-electron chi connectivity index (χ2n) is 4.84. The van der Waals surface area contributed by atoms with E-state index in [1.165, 1.54) is 0 Å². The Labute approximate surface area is 86.2 Å². The van der Waals surface area contributed by atoms with Crippen LogP contribution in [0.15, 0.2) is 0 Å². The molecule has 1 N–H and O–H groups in total. The summed E-state index contributed by atoms with van der Waals surface area (Å²) in [6.07, 6.45) is 2.30. The third-order valence-corrected chi connectivity index (χ3v) is 3.75. The maximum Gasteiger partial charge on any atom is 0.109 e. The quantitative estimate of drug-likeness (QED) is 0.691. The van der Waals surface area contributed by atoms with Gasteiger partial charge in [0.05, 0.1) is 11.7 Å². The average Bonchev–Trinajstić information content (AvgIpc) is 2.48. The van der Waals surface area contributed by atoms with Gasteiger partial charge in [0.2, 0.25) is 0 Å². The van der Waals surface area contributed by atoms with Crippen molar-refractivity contribution in [1.82, 2.24) is 5.32 Å². The fourth-order valence-corrected chi connectivity index (χ4v) is 2.43. The number of morpholine rings is 1. The van der Waals surface area contributed by atoms with Gasteiger partial charge in [-0.2, -0.15) is 0 Å². The van der Waals surface area contributed by atoms with Crippen LogP contribution < -0.4 is 5.32 Å². The van der Waals surface area contributed by atoms with E-state index in [-0.39, 0.29) is 17.3 Å². The molecule has 0 aromatic rings. The van der Waals surface area contributed by atoms with Gasteiger partial charge in [0.1, 0.15) is 5.60 Å². The first kappa shape index (κ1) is 10.4. The smallest absolute Gasteiger partial charge is 0.109 e. The minimum atomic E-state index is -0.0665. The van der Waals surface area contributed by atoms with Crippen LogP contribution in [0.3, 0.4) is 0 Å². The number of rotatable bonds is 1. The highest BCUT2D eigenvalue weighted by Gasteiger charge is 2.49. The van der Waals surface area contributed by atoms with E-state index in [1.807, 2.05) is 0 Å². The van der Waals surface area contributed by atoms with Crippen LogP contribution >= 0.6 is 0 Å². The Kier molecular flexibility index (Phi) is 2.58. The molecule has 2 saturated heterocycles. The second-order valence-corrected chi connectivity index (χ2v) is 4.84. The maximum absolute atomic E-state index is 6.30. The lowest BCUT2D eigenvalue weighted by Gasteiger charge is -2.46. The van der Waals surface area contributed by atoms with Crippen LogP contribution in [0.25, 0.3) is 0 Å². The largest absolute Gasteiger partial charge is 0.375 e. The molecule has 0 aromatic carbocycles. The number of ether oxygens (including phenoxy) is 2. The Morgan fingerprint density at radius 2 is 2.21 bits per heavy atom. The Bertz CT molecular complexity index is 221. The van der Waals surface area contributed by atoms with E-state index in [0.717, 1.165) is 32.5 Å². The summed E-state index contributed by atoms with van der Waals surface area (Å²) in [7, 11) is 0. The lowest BCUT2D eigenvalue weighted by atomic mass is 9.90. The molecule has 2 rings (SSSR count). The molecule has 3 atom stereocenters. The molecule has 3 heteroatoms. The van der Waals surface area contributed by atoms with E-state index in [9.17, 15) is 0 Å². The predicted octanol–water partition coefficient (Wildman–Crippen LogP) is 1.32. The van der Waals surface area contributed by atoms with E-state index < -0.39 is 0 Å². The fraction of sp³-hybridized carbons (Fsp3) is 1.00. The molecule has 1 spiro atoms. The molecule has 0 saturated carbocycles. The van der Waals surface area contributed by atoms with E-state index in [0.29, 0.717) is 0 Å². The standard InChI is InChI=1S/C11H21NO2/c1-4-10(3)7-12-8-11(14-10)5-6-13-9(11)2/h9,12H,4-8H2,1-3H3. The zero-order valence-corrected chi connectivity index (χ0v) is 9.43. The molecular weight excluding hydrogens is 178 g/mol. The topological polar surface area (TPSA) is 30.5 Å². The minimum Gasteiger partial charge on any atom is -0.375 e. The fourth-order valence-electron chi connectivity index (χ4n) is 2.43. The molecule has 3 nitrogen and oxygen atoms in total. The van der Waals surface area contributed by atoms with Gasteiger partial charge in [-0.05, 0) is 20.3 Å². The van der Waals surface area contributed by atoms with E-state index >= 15 is 0 Å². The SMILES string of the molecule is CCC1(C)CNCC2(CCOC2C)O1. The molecule has 82 valence electrons. The van der Waals surface area contributed by atoms with Crippen molar-refractivity contribution in [3.63, 3.8) is 0 Å². The van der Waals surface area contributed by atoms with Gasteiger partial charge >= 0.3 is 0 Å². The van der Waals surface area contributed by atoms with E-state index in [2.05, 4.69) is 26.1 Å². The summed E-state index contributed by atoms with van der Waals surface area (Å²) in [6.45, 7) is 9.22. The lowest BCUT2D eigenvalue weighted by molar-refractivity contribution is -0.188. The van der Waals surface area contributed by atoms with E-state index in [4.69, 9.17) is 9.47 Å². The highest BCUT2D eigenvalue weighted by molar-refractivity contribution is 5.00. The summed E-state index contributed by atoms with van der Waals surface area (Å²) < 4.78 is 11.9. The van der Waals surface area contributed by atoms with Crippen LogP contribution in [0.5, 0.6) is 0 Å². The van der Waals surface area contributed by atoms with E-state index in [1.54, 1.807) is 0 Å². The zero-order chi connectivity index (χ0) is 10.2. The Balaban J connectivity index is 2.13. The van der Waals surface area contributed by atoms with Gasteiger partial charge in [-0.15, -0.1) is 0 Å². The van der Waals surface area contributed by atoms with Crippen LogP contribution in [0.4, 0.5) is 0 Å². The molecule has 2 fully saturated rings. The van der Waals surface area contributed by atoms with Crippen LogP contribution in [0, 0.1) is 0 Å². The van der Waals surface area contributed by atoms with Crippen molar-refractivity contribution in [1.29, 1.82) is 0 Å². The normalized spacial score (nSPS) is 48.6. The summed E-state index contributed by atoms with van der Waals surface area (Å²) in [4.78, 5) is 0. The van der Waals surface area contributed by atoms with Gasteiger partial charge in [0.15, 0.2) is 0 Å². The summed E-state index contributed by atoms with van der Waals surface area (Å²) in [5.74, 6) is 0. The molecule has 2 heterocycles. The third kappa shape index (κ3) is 1.58. The number of nitrogens with one attached hydrogen (secondary N) is 1. The number of hydrogen-bond donors (Lipinski definition) is 1. The van der Waals surface area contributed by atoms with Crippen molar-refractivity contribution < 1.29 is 9.47 Å². The van der Waals surface area contributed by atoms with Crippen LogP contribution in [0.2, 0.25) is 0 Å². The number of hydrogen-bond acceptors (Lipinski definition) is 3. The second kappa shape index (κ2) is 3.47. The summed E-state index contributed by atoms with van der Waals surface area (Å²) in [6, 6.07) is 0. The Hall–Kier alpha value is -0.120. The van der Waals surface area contributed by atoms with Crippen LogP contribution in [0.1, 0.15) is 33.6 Å². The summed E-state index contributed by atoms with van der Waals surface area (Å²) >= 11 is 0. The van der Waals surface area contributed by atoms with Crippen molar-refractivity contribution in [3.8, 4) is 0 Å². The summed E-state index contributed by atoms with van der Waals surface area (Å²) in [5, 5.41) is 3.48. The van der Waals surface area contributed by atoms with Crippen molar-refractivity contribution >= 4 is 0 Å². The Morgan fingerprint density at radius 3 is 2.79 bits per heavy atom. The maximum atomic E-state index is 6.30. The molecule has 0 aliphatic carbocycles. The average molecular weight is 199 g/mol. The van der Waals surface area contributed by atoms with Crippen molar-refractivity contribution in [3.05, 3.63) is 0 Å². The molecule has 3 unspecified atom stereocenters. The van der Waals surface area contributed by atoms with Gasteiger partial charge in [-0.1, -0.05) is 6.92 Å². The first-order chi connectivity index (χ1) is 6.60. The van der Waals surface area contributed by atoms with Crippen LogP contribution in [-0.2, 0) is 9.47 Å². The van der Waals surface area contributed by atoms with Gasteiger partial charge in [0, 0.05) is 26.1 Å². The molecule has 0 amide bonds. The molecule has 0 bridgehead atoms. The van der Waals surface area contributed by atoms with Gasteiger partial charge in [-0.3, -0.25) is 0 Å². The van der Waals surface area contributed by atoms with Crippen LogP contribution in [-0.4, -0.2) is 37.0 Å². The highest BCUT2D eigenvalue weighted by Crippen LogP contribution is 2.36. The zero-order valence-electron chi connectivity index (χ0n) is 9.43. The first-order valence-electron chi connectivity index (χ1n) is 5.63. The molecule has 14 heavy (non-hydrogen) atoms. The third-order valence-electron chi connectivity index (χ3n) is 3.75.